The van der Waals surface area contributed by atoms with Crippen molar-refractivity contribution in [2.75, 3.05) is 0 Å². The number of aromatic amines is 1. The molecule has 0 spiro atoms. The van der Waals surface area contributed by atoms with Gasteiger partial charge in [0.25, 0.3) is 5.56 Å². The van der Waals surface area contributed by atoms with Crippen molar-refractivity contribution >= 4 is 0 Å². The molecule has 0 unspecified atom stereocenters. The van der Waals surface area contributed by atoms with E-state index in [-0.39, 0.29) is 5.56 Å². The molecule has 2 heterocycles. The topological polar surface area (TPSA) is 76.5 Å². The van der Waals surface area contributed by atoms with Crippen LogP contribution in [-0.2, 0) is 6.54 Å². The zero-order valence-electron chi connectivity index (χ0n) is 11.0. The molecule has 2 aromatic rings. The molecule has 0 aliphatic heterocycles. The summed E-state index contributed by atoms with van der Waals surface area (Å²) in [5.74, 6) is 1.85. The Morgan fingerprint density at radius 3 is 2.95 bits per heavy atom. The molecule has 19 heavy (non-hydrogen) atoms. The fourth-order valence-electron chi connectivity index (χ4n) is 2.08. The first-order chi connectivity index (χ1) is 9.29. The van der Waals surface area contributed by atoms with Crippen LogP contribution in [0.5, 0.6) is 0 Å². The number of nitrogens with one attached hydrogen (secondary N) is 1. The summed E-state index contributed by atoms with van der Waals surface area (Å²) in [6.45, 7) is 2.89. The normalized spacial score (nSPS) is 14.8. The van der Waals surface area contributed by atoms with Gasteiger partial charge in [-0.05, 0) is 19.3 Å². The Morgan fingerprint density at radius 2 is 2.26 bits per heavy atom. The molecule has 0 atom stereocenters. The monoisotopic (exact) mass is 259 g/mol. The second kappa shape index (κ2) is 4.95. The number of aryl methyl sites for hydroxylation is 1. The lowest BCUT2D eigenvalue weighted by Crippen LogP contribution is -2.16. The van der Waals surface area contributed by atoms with Crippen LogP contribution in [0.3, 0.4) is 0 Å². The Kier molecular flexibility index (Phi) is 3.15. The lowest BCUT2D eigenvalue weighted by atomic mass is 10.3. The van der Waals surface area contributed by atoms with E-state index in [1.807, 2.05) is 0 Å². The van der Waals surface area contributed by atoms with Crippen LogP contribution in [0.1, 0.15) is 44.3 Å². The van der Waals surface area contributed by atoms with Crippen molar-refractivity contribution < 1.29 is 0 Å². The molecular weight excluding hydrogens is 242 g/mol. The number of unbranched alkanes of at least 4 members (excludes halogenated alkanes) is 1. The van der Waals surface area contributed by atoms with Gasteiger partial charge in [-0.2, -0.15) is 5.10 Å². The van der Waals surface area contributed by atoms with E-state index >= 15 is 0 Å². The Labute approximate surface area is 110 Å². The molecule has 1 aliphatic carbocycles. The molecule has 6 nitrogen and oxygen atoms in total. The van der Waals surface area contributed by atoms with Crippen molar-refractivity contribution in [2.24, 2.45) is 0 Å². The van der Waals surface area contributed by atoms with Crippen molar-refractivity contribution in [3.8, 4) is 11.4 Å². The minimum absolute atomic E-state index is 0.123. The van der Waals surface area contributed by atoms with Gasteiger partial charge in [-0.1, -0.05) is 13.3 Å². The average Bonchev–Trinajstić information content (AvgIpc) is 3.16. The van der Waals surface area contributed by atoms with E-state index in [2.05, 4.69) is 27.0 Å². The zero-order chi connectivity index (χ0) is 13.2. The van der Waals surface area contributed by atoms with Crippen molar-refractivity contribution in [3.05, 3.63) is 28.7 Å². The van der Waals surface area contributed by atoms with Gasteiger partial charge in [0, 0.05) is 18.7 Å². The molecule has 0 aromatic carbocycles. The van der Waals surface area contributed by atoms with Crippen LogP contribution in [0.15, 0.2) is 17.3 Å². The average molecular weight is 259 g/mol. The number of aromatic nitrogens is 5. The molecule has 0 radical (unpaired) electrons. The minimum Gasteiger partial charge on any atom is -0.310 e. The fraction of sp³-hybridized carbons (Fsp3) is 0.538. The first-order valence-electron chi connectivity index (χ1n) is 6.77. The van der Waals surface area contributed by atoms with Gasteiger partial charge >= 0.3 is 0 Å². The summed E-state index contributed by atoms with van der Waals surface area (Å²) in [5, 5.41) is 4.17. The largest absolute Gasteiger partial charge is 0.310 e. The lowest BCUT2D eigenvalue weighted by molar-refractivity contribution is 0.575. The van der Waals surface area contributed by atoms with Gasteiger partial charge in [-0.3, -0.25) is 4.79 Å². The maximum atomic E-state index is 12.1. The minimum atomic E-state index is -0.123. The van der Waals surface area contributed by atoms with Crippen LogP contribution < -0.4 is 5.56 Å². The fourth-order valence-corrected chi connectivity index (χ4v) is 2.08. The first-order valence-corrected chi connectivity index (χ1v) is 6.77. The summed E-state index contributed by atoms with van der Waals surface area (Å²) in [6, 6.07) is 0. The van der Waals surface area contributed by atoms with Gasteiger partial charge in [0.1, 0.15) is 17.7 Å². The highest BCUT2D eigenvalue weighted by molar-refractivity contribution is 5.51. The van der Waals surface area contributed by atoms with Crippen LogP contribution in [0.25, 0.3) is 11.4 Å². The van der Waals surface area contributed by atoms with E-state index < -0.39 is 0 Å². The number of H-pyrrole nitrogens is 1. The molecule has 2 aromatic heterocycles. The molecule has 0 bridgehead atoms. The van der Waals surface area contributed by atoms with Crippen molar-refractivity contribution in [1.82, 2.24) is 24.7 Å². The van der Waals surface area contributed by atoms with Crippen LogP contribution in [0, 0.1) is 0 Å². The van der Waals surface area contributed by atoms with E-state index in [0.717, 1.165) is 38.1 Å². The highest BCUT2D eigenvalue weighted by Crippen LogP contribution is 2.37. The lowest BCUT2D eigenvalue weighted by Gasteiger charge is -2.05. The van der Waals surface area contributed by atoms with Gasteiger partial charge in [-0.25, -0.2) is 14.6 Å². The predicted octanol–water partition coefficient (Wildman–Crippen LogP) is 1.71. The van der Waals surface area contributed by atoms with Gasteiger partial charge in [0.05, 0.1) is 0 Å². The van der Waals surface area contributed by atoms with Gasteiger partial charge in [0.2, 0.25) is 0 Å². The summed E-state index contributed by atoms with van der Waals surface area (Å²) >= 11 is 0. The van der Waals surface area contributed by atoms with Crippen LogP contribution in [-0.4, -0.2) is 24.7 Å². The second-order valence-electron chi connectivity index (χ2n) is 4.95. The Hall–Kier alpha value is -1.98. The number of nitrogens with zero attached hydrogens (tertiary/aromatic N) is 4. The summed E-state index contributed by atoms with van der Waals surface area (Å²) in [5.41, 5.74) is 0.376. The molecule has 1 saturated carbocycles. The molecule has 1 fully saturated rings. The van der Waals surface area contributed by atoms with Crippen molar-refractivity contribution in [2.45, 2.75) is 45.1 Å². The standard InChI is InChI=1S/C13H17N5O/c1-2-3-6-18-12(15-8-16-18)10-7-14-11(9-4-5-9)17-13(10)19/h7-9H,2-6H2,1H3,(H,14,17,19). The molecule has 0 saturated heterocycles. The molecule has 1 aliphatic rings. The van der Waals surface area contributed by atoms with Crippen LogP contribution >= 0.6 is 0 Å². The Balaban J connectivity index is 1.93. The Morgan fingerprint density at radius 1 is 1.42 bits per heavy atom. The third-order valence-electron chi connectivity index (χ3n) is 3.36. The van der Waals surface area contributed by atoms with E-state index in [4.69, 9.17) is 0 Å². The van der Waals surface area contributed by atoms with E-state index in [0.29, 0.717) is 17.3 Å². The highest BCUT2D eigenvalue weighted by atomic mass is 16.1. The second-order valence-corrected chi connectivity index (χ2v) is 4.95. The molecule has 1 N–H and O–H groups in total. The highest BCUT2D eigenvalue weighted by Gasteiger charge is 2.26. The van der Waals surface area contributed by atoms with Crippen molar-refractivity contribution in [3.63, 3.8) is 0 Å². The first kappa shape index (κ1) is 12.1. The SMILES string of the molecule is CCCCn1ncnc1-c1cnc(C2CC2)[nH]c1=O. The maximum absolute atomic E-state index is 12.1. The predicted molar refractivity (Wildman–Crippen MR) is 70.8 cm³/mol. The van der Waals surface area contributed by atoms with Gasteiger partial charge in [-0.15, -0.1) is 0 Å². The third-order valence-corrected chi connectivity index (χ3v) is 3.36. The van der Waals surface area contributed by atoms with E-state index in [1.54, 1.807) is 10.9 Å². The molecule has 6 heteroatoms. The number of rotatable bonds is 5. The Bertz CT molecular complexity index is 626. The van der Waals surface area contributed by atoms with Gasteiger partial charge < -0.3 is 4.98 Å². The van der Waals surface area contributed by atoms with E-state index in [1.165, 1.54) is 6.33 Å². The molecule has 3 rings (SSSR count). The number of hydrogen-bond donors (Lipinski definition) is 1. The van der Waals surface area contributed by atoms with Crippen LogP contribution in [0.4, 0.5) is 0 Å². The number of hydrogen-bond acceptors (Lipinski definition) is 4. The van der Waals surface area contributed by atoms with Crippen molar-refractivity contribution in [1.29, 1.82) is 0 Å². The third kappa shape index (κ3) is 2.43. The quantitative estimate of drug-likeness (QED) is 0.886. The van der Waals surface area contributed by atoms with Crippen LogP contribution in [0.2, 0.25) is 0 Å². The summed E-state index contributed by atoms with van der Waals surface area (Å²) < 4.78 is 1.77. The maximum Gasteiger partial charge on any atom is 0.261 e. The summed E-state index contributed by atoms with van der Waals surface area (Å²) in [6.07, 6.45) is 7.44. The zero-order valence-corrected chi connectivity index (χ0v) is 11.0. The summed E-state index contributed by atoms with van der Waals surface area (Å²) in [4.78, 5) is 23.5. The molecule has 0 amide bonds. The smallest absolute Gasteiger partial charge is 0.261 e. The van der Waals surface area contributed by atoms with Gasteiger partial charge in [0.15, 0.2) is 5.82 Å². The summed E-state index contributed by atoms with van der Waals surface area (Å²) in [7, 11) is 0. The molecular formula is C13H17N5O. The molecule has 100 valence electrons. The van der Waals surface area contributed by atoms with E-state index in [9.17, 15) is 4.79 Å².